The lowest BCUT2D eigenvalue weighted by Gasteiger charge is -2.22. The number of hydrogen-bond donors (Lipinski definition) is 2. The first-order valence-electron chi connectivity index (χ1n) is 6.55. The van der Waals surface area contributed by atoms with Gasteiger partial charge in [-0.3, -0.25) is 14.4 Å². The van der Waals surface area contributed by atoms with Crippen molar-refractivity contribution in [3.63, 3.8) is 0 Å². The second-order valence-electron chi connectivity index (χ2n) is 4.92. The minimum absolute atomic E-state index is 0.0371. The molecule has 0 atom stereocenters. The summed E-state index contributed by atoms with van der Waals surface area (Å²) in [6.07, 6.45) is -3.88. The number of amides is 2. The summed E-state index contributed by atoms with van der Waals surface area (Å²) in [7, 11) is 0. The van der Waals surface area contributed by atoms with Crippen LogP contribution in [0.2, 0.25) is 0 Å². The van der Waals surface area contributed by atoms with Gasteiger partial charge in [-0.25, -0.2) is 0 Å². The van der Waals surface area contributed by atoms with E-state index >= 15 is 0 Å². The van der Waals surface area contributed by atoms with E-state index in [0.29, 0.717) is 24.1 Å². The molecule has 0 saturated carbocycles. The molecule has 0 aliphatic heterocycles. The lowest BCUT2D eigenvalue weighted by Crippen LogP contribution is -2.31. The molecule has 0 bridgehead atoms. The largest absolute Gasteiger partial charge is 0.471 e. The zero-order valence-electron chi connectivity index (χ0n) is 11.6. The predicted molar refractivity (Wildman–Crippen MR) is 72.7 cm³/mol. The van der Waals surface area contributed by atoms with Crippen molar-refractivity contribution in [2.45, 2.75) is 32.4 Å². The van der Waals surface area contributed by atoms with Gasteiger partial charge < -0.3 is 10.6 Å². The van der Waals surface area contributed by atoms with Crippen molar-refractivity contribution < 1.29 is 27.6 Å². The van der Waals surface area contributed by atoms with Gasteiger partial charge in [0.1, 0.15) is 0 Å². The summed E-state index contributed by atoms with van der Waals surface area (Å²) in [6.45, 7) is 1.29. The van der Waals surface area contributed by atoms with Crippen LogP contribution in [0.4, 0.5) is 24.5 Å². The molecule has 5 nitrogen and oxygen atoms in total. The second kappa shape index (κ2) is 5.78. The number of hydrogen-bond acceptors (Lipinski definition) is 3. The van der Waals surface area contributed by atoms with E-state index in [2.05, 4.69) is 5.32 Å². The van der Waals surface area contributed by atoms with Crippen LogP contribution in [0.25, 0.3) is 0 Å². The molecule has 0 unspecified atom stereocenters. The lowest BCUT2D eigenvalue weighted by molar-refractivity contribution is -0.167. The van der Waals surface area contributed by atoms with Crippen LogP contribution in [0.5, 0.6) is 0 Å². The van der Waals surface area contributed by atoms with Crippen molar-refractivity contribution in [3.8, 4) is 0 Å². The van der Waals surface area contributed by atoms with Crippen molar-refractivity contribution in [2.24, 2.45) is 0 Å². The Balaban J connectivity index is 2.46. The molecule has 2 N–H and O–H groups in total. The van der Waals surface area contributed by atoms with Gasteiger partial charge in [-0.1, -0.05) is 0 Å². The number of anilines is 2. The van der Waals surface area contributed by atoms with Crippen LogP contribution in [-0.2, 0) is 16.0 Å². The molecule has 1 aliphatic rings. The highest BCUT2D eigenvalue weighted by Gasteiger charge is 2.39. The highest BCUT2D eigenvalue weighted by molar-refractivity contribution is 6.09. The quantitative estimate of drug-likeness (QED) is 0.881. The highest BCUT2D eigenvalue weighted by atomic mass is 19.4. The first-order valence-corrected chi connectivity index (χ1v) is 6.55. The summed E-state index contributed by atoms with van der Waals surface area (Å²) in [6, 6.07) is 2.57. The predicted octanol–water partition coefficient (Wildman–Crippen LogP) is 2.66. The average molecular weight is 314 g/mol. The number of benzene rings is 1. The highest BCUT2D eigenvalue weighted by Crippen LogP contribution is 2.34. The monoisotopic (exact) mass is 314 g/mol. The van der Waals surface area contributed by atoms with Gasteiger partial charge in [-0.05, 0) is 30.5 Å². The number of ketones is 1. The van der Waals surface area contributed by atoms with Gasteiger partial charge >= 0.3 is 12.1 Å². The minimum Gasteiger partial charge on any atom is -0.326 e. The van der Waals surface area contributed by atoms with Crippen LogP contribution in [0.15, 0.2) is 12.1 Å². The van der Waals surface area contributed by atoms with Crippen LogP contribution in [-0.4, -0.2) is 23.8 Å². The van der Waals surface area contributed by atoms with Gasteiger partial charge in [0, 0.05) is 24.6 Å². The van der Waals surface area contributed by atoms with Crippen LogP contribution >= 0.6 is 0 Å². The maximum atomic E-state index is 12.4. The molecule has 1 aliphatic carbocycles. The van der Waals surface area contributed by atoms with E-state index < -0.39 is 12.1 Å². The Hall–Kier alpha value is -2.38. The summed E-state index contributed by atoms with van der Waals surface area (Å²) < 4.78 is 37.1. The Bertz CT molecular complexity index is 653. The van der Waals surface area contributed by atoms with Crippen molar-refractivity contribution in [1.82, 2.24) is 0 Å². The topological polar surface area (TPSA) is 75.3 Å². The summed E-state index contributed by atoms with van der Waals surface area (Å²) in [5, 5.41) is 4.26. The van der Waals surface area contributed by atoms with E-state index in [0.717, 1.165) is 0 Å². The van der Waals surface area contributed by atoms with E-state index in [1.807, 2.05) is 0 Å². The molecule has 0 fully saturated rings. The molecule has 118 valence electrons. The fraction of sp³-hybridized carbons (Fsp3) is 0.357. The first kappa shape index (κ1) is 16.0. The van der Waals surface area contributed by atoms with Gasteiger partial charge in [0.25, 0.3) is 0 Å². The Morgan fingerprint density at radius 2 is 1.73 bits per heavy atom. The number of carbonyl (C=O) groups excluding carboxylic acids is 3. The molecule has 1 aromatic carbocycles. The summed E-state index contributed by atoms with van der Waals surface area (Å²) in [4.78, 5) is 34.3. The number of fused-ring (bicyclic) bond motifs is 1. The number of rotatable bonds is 2. The number of nitrogens with one attached hydrogen (secondary N) is 2. The van der Waals surface area contributed by atoms with Gasteiger partial charge in [-0.2, -0.15) is 13.2 Å². The Kier molecular flexibility index (Phi) is 4.20. The third kappa shape index (κ3) is 3.26. The summed E-state index contributed by atoms with van der Waals surface area (Å²) >= 11 is 0. The van der Waals surface area contributed by atoms with E-state index in [9.17, 15) is 27.6 Å². The van der Waals surface area contributed by atoms with Crippen molar-refractivity contribution in [3.05, 3.63) is 23.3 Å². The number of alkyl halides is 3. The normalized spacial score (nSPS) is 14.3. The molecule has 0 aromatic heterocycles. The zero-order chi connectivity index (χ0) is 16.5. The Morgan fingerprint density at radius 3 is 2.32 bits per heavy atom. The minimum atomic E-state index is -5.04. The molecular formula is C14H13F3N2O3. The molecule has 0 radical (unpaired) electrons. The third-order valence-electron chi connectivity index (χ3n) is 3.24. The molecule has 2 rings (SSSR count). The fourth-order valence-corrected chi connectivity index (χ4v) is 2.38. The van der Waals surface area contributed by atoms with Crippen LogP contribution in [0.1, 0.15) is 35.7 Å². The van der Waals surface area contributed by atoms with Crippen LogP contribution < -0.4 is 10.6 Å². The third-order valence-corrected chi connectivity index (χ3v) is 3.24. The van der Waals surface area contributed by atoms with Crippen molar-refractivity contribution in [1.29, 1.82) is 0 Å². The molecule has 22 heavy (non-hydrogen) atoms. The van der Waals surface area contributed by atoms with Crippen molar-refractivity contribution in [2.75, 3.05) is 10.6 Å². The van der Waals surface area contributed by atoms with Gasteiger partial charge in [-0.15, -0.1) is 0 Å². The Labute approximate surface area is 123 Å². The second-order valence-corrected chi connectivity index (χ2v) is 4.92. The summed E-state index contributed by atoms with van der Waals surface area (Å²) in [5.74, 6) is -2.85. The maximum absolute atomic E-state index is 12.4. The molecule has 8 heteroatoms. The molecule has 2 amide bonds. The summed E-state index contributed by atoms with van der Waals surface area (Å²) in [5.41, 5.74) is 0.679. The SMILES string of the molecule is CC(=O)Nc1ccc(NC(=O)C(F)(F)F)c2c1CCCC2=O. The number of halogens is 3. The van der Waals surface area contributed by atoms with Gasteiger partial charge in [0.05, 0.1) is 5.69 Å². The molecule has 1 aromatic rings. The first-order chi connectivity index (χ1) is 10.2. The average Bonchev–Trinajstić information content (AvgIpc) is 2.40. The lowest BCUT2D eigenvalue weighted by atomic mass is 9.88. The molecular weight excluding hydrogens is 301 g/mol. The standard InChI is InChI=1S/C14H13F3N2O3/c1-7(20)18-9-5-6-10(19-13(22)14(15,16)17)12-8(9)3-2-4-11(12)21/h5-6H,2-4H2,1H3,(H,18,20)(H,19,22). The Morgan fingerprint density at radius 1 is 1.09 bits per heavy atom. The fourth-order valence-electron chi connectivity index (χ4n) is 2.38. The van der Waals surface area contributed by atoms with Crippen molar-refractivity contribution >= 4 is 29.0 Å². The molecule has 0 heterocycles. The van der Waals surface area contributed by atoms with Gasteiger partial charge in [0.15, 0.2) is 5.78 Å². The zero-order valence-corrected chi connectivity index (χ0v) is 11.6. The van der Waals surface area contributed by atoms with Crippen LogP contribution in [0, 0.1) is 0 Å². The smallest absolute Gasteiger partial charge is 0.326 e. The number of carbonyl (C=O) groups is 3. The van der Waals surface area contributed by atoms with Crippen LogP contribution in [0.3, 0.4) is 0 Å². The van der Waals surface area contributed by atoms with E-state index in [1.54, 1.807) is 5.32 Å². The maximum Gasteiger partial charge on any atom is 0.471 e. The molecule has 0 saturated heterocycles. The van der Waals surface area contributed by atoms with E-state index in [-0.39, 0.29) is 29.4 Å². The van der Waals surface area contributed by atoms with Gasteiger partial charge in [0.2, 0.25) is 5.91 Å². The molecule has 0 spiro atoms. The van der Waals surface area contributed by atoms with E-state index in [1.165, 1.54) is 19.1 Å². The van der Waals surface area contributed by atoms with E-state index in [4.69, 9.17) is 0 Å². The number of Topliss-reactive ketones (excluding diaryl/α,β-unsaturated/α-hetero) is 1.